The van der Waals surface area contributed by atoms with Gasteiger partial charge in [-0.2, -0.15) is 0 Å². The molecule has 2 fully saturated rings. The van der Waals surface area contributed by atoms with E-state index in [1.54, 1.807) is 0 Å². The number of carbonyl (C=O) groups excluding carboxylic acids is 1. The highest BCUT2D eigenvalue weighted by Gasteiger charge is 2.50. The molecule has 2 heterocycles. The molecule has 12 nitrogen and oxygen atoms in total. The van der Waals surface area contributed by atoms with Crippen molar-refractivity contribution in [2.75, 3.05) is 13.2 Å². The predicted octanol–water partition coefficient (Wildman–Crippen LogP) is -5.25. The van der Waals surface area contributed by atoms with Gasteiger partial charge < -0.3 is 55.3 Å². The van der Waals surface area contributed by atoms with Gasteiger partial charge in [0.25, 0.3) is 0 Å². The maximum Gasteiger partial charge on any atom is 0.217 e. The Morgan fingerprint density at radius 2 is 1.54 bits per heavy atom. The van der Waals surface area contributed by atoms with Gasteiger partial charge in [-0.25, -0.2) is 0 Å². The first-order valence-electron chi connectivity index (χ1n) is 8.06. The lowest BCUT2D eigenvalue weighted by atomic mass is 9.95. The highest BCUT2D eigenvalue weighted by Crippen LogP contribution is 2.28. The van der Waals surface area contributed by atoms with E-state index in [-0.39, 0.29) is 0 Å². The summed E-state index contributed by atoms with van der Waals surface area (Å²) < 4.78 is 15.6. The summed E-state index contributed by atoms with van der Waals surface area (Å²) in [5.74, 6) is -0.557. The molecule has 1 amide bonds. The number of aliphatic hydroxyl groups is 7. The zero-order valence-electron chi connectivity index (χ0n) is 14.0. The molecule has 12 heteroatoms. The van der Waals surface area contributed by atoms with Crippen LogP contribution in [0.3, 0.4) is 0 Å². The van der Waals surface area contributed by atoms with Gasteiger partial charge in [0.1, 0.15) is 42.7 Å². The third-order valence-corrected chi connectivity index (χ3v) is 4.38. The van der Waals surface area contributed by atoms with Crippen molar-refractivity contribution in [3.8, 4) is 0 Å². The van der Waals surface area contributed by atoms with Crippen LogP contribution in [0.25, 0.3) is 0 Å². The van der Waals surface area contributed by atoms with Crippen LogP contribution in [0.1, 0.15) is 6.92 Å². The van der Waals surface area contributed by atoms with Crippen LogP contribution in [0.2, 0.25) is 0 Å². The SMILES string of the molecule is CC(=O)N[C@H]1[C@@H](O)[C@@H](CO)O[C@H](O[C@@H]2[C@H](O)[C@@H](O)[C@H](O)O[C@@H]2CO)[C@@H]1O. The molecular weight excluding hydrogens is 358 g/mol. The fourth-order valence-corrected chi connectivity index (χ4v) is 2.99. The molecule has 26 heavy (non-hydrogen) atoms. The minimum Gasteiger partial charge on any atom is -0.394 e. The number of amides is 1. The van der Waals surface area contributed by atoms with Crippen LogP contribution < -0.4 is 5.32 Å². The first-order chi connectivity index (χ1) is 12.2. The Morgan fingerprint density at radius 3 is 2.08 bits per heavy atom. The fraction of sp³-hybridized carbons (Fsp3) is 0.929. The Morgan fingerprint density at radius 1 is 0.923 bits per heavy atom. The first-order valence-corrected chi connectivity index (χ1v) is 8.06. The van der Waals surface area contributed by atoms with E-state index in [2.05, 4.69) is 5.32 Å². The molecule has 0 aromatic heterocycles. The lowest BCUT2D eigenvalue weighted by Gasteiger charge is -2.46. The number of nitrogens with one attached hydrogen (secondary N) is 1. The number of ether oxygens (including phenoxy) is 3. The van der Waals surface area contributed by atoms with E-state index in [1.807, 2.05) is 0 Å². The van der Waals surface area contributed by atoms with Crippen LogP contribution in [0.4, 0.5) is 0 Å². The van der Waals surface area contributed by atoms with E-state index in [0.717, 1.165) is 6.92 Å². The summed E-state index contributed by atoms with van der Waals surface area (Å²) in [5.41, 5.74) is 0. The third-order valence-electron chi connectivity index (χ3n) is 4.38. The monoisotopic (exact) mass is 383 g/mol. The number of rotatable bonds is 5. The molecular formula is C14H25NO11. The Balaban J connectivity index is 2.18. The summed E-state index contributed by atoms with van der Waals surface area (Å²) in [5, 5.41) is 70.7. The van der Waals surface area contributed by atoms with E-state index in [9.17, 15) is 40.5 Å². The molecule has 0 saturated carbocycles. The van der Waals surface area contributed by atoms with Crippen LogP contribution >= 0.6 is 0 Å². The molecule has 152 valence electrons. The molecule has 2 rings (SSSR count). The molecule has 0 radical (unpaired) electrons. The Hall–Kier alpha value is -0.930. The van der Waals surface area contributed by atoms with Gasteiger partial charge in [-0.1, -0.05) is 0 Å². The minimum atomic E-state index is -1.75. The summed E-state index contributed by atoms with van der Waals surface area (Å²) in [6.07, 6.45) is -13.7. The first kappa shape index (κ1) is 21.4. The molecule has 2 aliphatic heterocycles. The molecule has 8 N–H and O–H groups in total. The molecule has 0 bridgehead atoms. The van der Waals surface area contributed by atoms with E-state index in [0.29, 0.717) is 0 Å². The minimum absolute atomic E-state index is 0.557. The van der Waals surface area contributed by atoms with Crippen molar-refractivity contribution in [1.29, 1.82) is 0 Å². The molecule has 0 aromatic carbocycles. The van der Waals surface area contributed by atoms with Crippen LogP contribution in [-0.4, -0.2) is 116 Å². The van der Waals surface area contributed by atoms with Crippen LogP contribution in [0, 0.1) is 0 Å². The highest BCUT2D eigenvalue weighted by atomic mass is 16.7. The molecule has 0 unspecified atom stereocenters. The van der Waals surface area contributed by atoms with Crippen LogP contribution in [0.5, 0.6) is 0 Å². The highest BCUT2D eigenvalue weighted by molar-refractivity contribution is 5.73. The summed E-state index contributed by atoms with van der Waals surface area (Å²) in [6, 6.07) is -1.24. The van der Waals surface area contributed by atoms with E-state index in [1.165, 1.54) is 0 Å². The Labute approximate surface area is 148 Å². The van der Waals surface area contributed by atoms with E-state index >= 15 is 0 Å². The molecule has 0 aromatic rings. The van der Waals surface area contributed by atoms with Crippen molar-refractivity contribution in [3.05, 3.63) is 0 Å². The smallest absolute Gasteiger partial charge is 0.217 e. The number of hydrogen-bond donors (Lipinski definition) is 8. The van der Waals surface area contributed by atoms with Crippen molar-refractivity contribution < 1.29 is 54.8 Å². The second-order valence-electron chi connectivity index (χ2n) is 6.26. The number of aliphatic hydroxyl groups excluding tert-OH is 7. The van der Waals surface area contributed by atoms with Crippen molar-refractivity contribution in [2.24, 2.45) is 0 Å². The van der Waals surface area contributed by atoms with Gasteiger partial charge in [-0.05, 0) is 0 Å². The van der Waals surface area contributed by atoms with Crippen LogP contribution in [-0.2, 0) is 19.0 Å². The van der Waals surface area contributed by atoms with Gasteiger partial charge in [-0.3, -0.25) is 4.79 Å². The van der Waals surface area contributed by atoms with Crippen molar-refractivity contribution in [1.82, 2.24) is 5.32 Å². The third kappa shape index (κ3) is 4.31. The van der Waals surface area contributed by atoms with Crippen molar-refractivity contribution >= 4 is 5.91 Å². The zero-order chi connectivity index (χ0) is 19.6. The van der Waals surface area contributed by atoms with Gasteiger partial charge in [-0.15, -0.1) is 0 Å². The van der Waals surface area contributed by atoms with Crippen molar-refractivity contribution in [2.45, 2.75) is 68.3 Å². The summed E-state index contributed by atoms with van der Waals surface area (Å²) in [6.45, 7) is -0.176. The Bertz CT molecular complexity index is 478. The standard InChI is InChI=1S/C14H25NO11/c1-4(18)15-7-8(19)5(2-16)25-14(9(7)20)26-12-6(3-17)24-13(23)11(22)10(12)21/h5-14,16-17,19-23H,2-3H2,1H3,(H,15,18)/t5-,6-,7+,8+,9-,10-,11-,12+,13-,14-/m1/s1. The maximum absolute atomic E-state index is 11.3. The van der Waals surface area contributed by atoms with Crippen molar-refractivity contribution in [3.63, 3.8) is 0 Å². The molecule has 0 aliphatic carbocycles. The largest absolute Gasteiger partial charge is 0.394 e. The topological polar surface area (TPSA) is 198 Å². The summed E-state index contributed by atoms with van der Waals surface area (Å²) >= 11 is 0. The number of carbonyl (C=O) groups is 1. The van der Waals surface area contributed by atoms with Gasteiger partial charge in [0, 0.05) is 6.92 Å². The van der Waals surface area contributed by atoms with E-state index in [4.69, 9.17) is 14.2 Å². The lowest BCUT2D eigenvalue weighted by Crippen LogP contribution is -2.67. The van der Waals surface area contributed by atoms with Crippen LogP contribution in [0.15, 0.2) is 0 Å². The maximum atomic E-state index is 11.3. The molecule has 2 saturated heterocycles. The Kier molecular flexibility index (Phi) is 7.27. The van der Waals surface area contributed by atoms with Gasteiger partial charge in [0.05, 0.1) is 19.3 Å². The second kappa shape index (κ2) is 8.84. The number of hydrogen-bond acceptors (Lipinski definition) is 11. The van der Waals surface area contributed by atoms with Gasteiger partial charge >= 0.3 is 0 Å². The van der Waals surface area contributed by atoms with E-state index < -0.39 is 80.5 Å². The molecule has 10 atom stereocenters. The average Bonchev–Trinajstić information content (AvgIpc) is 2.60. The average molecular weight is 383 g/mol. The molecule has 0 spiro atoms. The fourth-order valence-electron chi connectivity index (χ4n) is 2.99. The quantitative estimate of drug-likeness (QED) is 0.226. The normalized spacial score (nSPS) is 46.8. The van der Waals surface area contributed by atoms with Gasteiger partial charge in [0.2, 0.25) is 5.91 Å². The lowest BCUT2D eigenvalue weighted by molar-refractivity contribution is -0.346. The molecule has 2 aliphatic rings. The van der Waals surface area contributed by atoms with Gasteiger partial charge in [0.15, 0.2) is 12.6 Å². The summed E-state index contributed by atoms with van der Waals surface area (Å²) in [7, 11) is 0. The second-order valence-corrected chi connectivity index (χ2v) is 6.26. The predicted molar refractivity (Wildman–Crippen MR) is 80.2 cm³/mol. The zero-order valence-corrected chi connectivity index (χ0v) is 14.0. The summed E-state index contributed by atoms with van der Waals surface area (Å²) in [4.78, 5) is 11.3.